The number of hydrogen-bond acceptors (Lipinski definition) is 3. The molecule has 2 N–H and O–H groups in total. The van der Waals surface area contributed by atoms with Crippen molar-refractivity contribution in [3.63, 3.8) is 0 Å². The van der Waals surface area contributed by atoms with E-state index < -0.39 is 0 Å². The summed E-state index contributed by atoms with van der Waals surface area (Å²) in [5.41, 5.74) is 1.70. The van der Waals surface area contributed by atoms with Gasteiger partial charge in [0.1, 0.15) is 0 Å². The molecule has 2 rings (SSSR count). The number of aryl methyl sites for hydroxylation is 1. The summed E-state index contributed by atoms with van der Waals surface area (Å²) in [5.74, 6) is 0.788. The van der Waals surface area contributed by atoms with Crippen molar-refractivity contribution < 1.29 is 0 Å². The van der Waals surface area contributed by atoms with Gasteiger partial charge < -0.3 is 10.6 Å². The van der Waals surface area contributed by atoms with Gasteiger partial charge in [-0.3, -0.25) is 0 Å². The number of rotatable bonds is 5. The predicted octanol–water partition coefficient (Wildman–Crippen LogP) is 3.80. The third-order valence-electron chi connectivity index (χ3n) is 3.05. The molecule has 0 saturated carbocycles. The van der Waals surface area contributed by atoms with Crippen LogP contribution in [0.25, 0.3) is 0 Å². The van der Waals surface area contributed by atoms with Crippen LogP contribution in [-0.4, -0.2) is 12.5 Å². The lowest BCUT2D eigenvalue weighted by atomic mass is 10.1. The average Bonchev–Trinajstić information content (AvgIpc) is 2.96. The smallest absolute Gasteiger partial charge is 0.191 e. The first-order valence-electron chi connectivity index (χ1n) is 7.28. The number of nitriles is 1. The van der Waals surface area contributed by atoms with E-state index in [2.05, 4.69) is 40.8 Å². The molecule has 2 aromatic rings. The zero-order valence-electron chi connectivity index (χ0n) is 13.3. The average molecular weight is 440 g/mol. The Bertz CT molecular complexity index is 688. The highest BCUT2D eigenvalue weighted by Crippen LogP contribution is 2.14. The molecule has 0 aliphatic heterocycles. The van der Waals surface area contributed by atoms with Crippen LogP contribution >= 0.6 is 35.3 Å². The summed E-state index contributed by atoms with van der Waals surface area (Å²) in [6, 6.07) is 13.9. The van der Waals surface area contributed by atoms with Crippen molar-refractivity contribution >= 4 is 41.3 Å². The standard InChI is InChI=1S/C17H20N4S.HI/c1-3-19-17(21-12-16-8-7-13(2)22-16)20-11-15-6-4-5-14(9-15)10-18;/h4-9H,3,11-12H2,1-2H3,(H2,19,20,21);1H. The van der Waals surface area contributed by atoms with Crippen LogP contribution in [0.3, 0.4) is 0 Å². The first-order chi connectivity index (χ1) is 10.7. The molecule has 0 spiro atoms. The minimum absolute atomic E-state index is 0. The lowest BCUT2D eigenvalue weighted by Crippen LogP contribution is -2.36. The predicted molar refractivity (Wildman–Crippen MR) is 107 cm³/mol. The van der Waals surface area contributed by atoms with Gasteiger partial charge in [0.15, 0.2) is 5.96 Å². The quantitative estimate of drug-likeness (QED) is 0.423. The second kappa shape index (κ2) is 10.2. The van der Waals surface area contributed by atoms with Crippen LogP contribution in [-0.2, 0) is 13.1 Å². The van der Waals surface area contributed by atoms with Crippen molar-refractivity contribution in [3.05, 3.63) is 57.3 Å². The van der Waals surface area contributed by atoms with Gasteiger partial charge in [0.2, 0.25) is 0 Å². The molecule has 0 atom stereocenters. The SMILES string of the molecule is CCNC(=NCc1cccc(C#N)c1)NCc1ccc(C)s1.I. The van der Waals surface area contributed by atoms with Crippen molar-refractivity contribution in [2.75, 3.05) is 6.54 Å². The first-order valence-corrected chi connectivity index (χ1v) is 8.09. The van der Waals surface area contributed by atoms with E-state index in [9.17, 15) is 0 Å². The van der Waals surface area contributed by atoms with E-state index in [1.807, 2.05) is 25.1 Å². The number of hydrogen-bond donors (Lipinski definition) is 2. The summed E-state index contributed by atoms with van der Waals surface area (Å²) in [7, 11) is 0. The van der Waals surface area contributed by atoms with Gasteiger partial charge in [-0.1, -0.05) is 12.1 Å². The molecule has 0 amide bonds. The normalized spacial score (nSPS) is 10.6. The van der Waals surface area contributed by atoms with E-state index in [1.54, 1.807) is 17.4 Å². The molecule has 0 saturated heterocycles. The number of aliphatic imine (C=N–C) groups is 1. The van der Waals surface area contributed by atoms with Crippen molar-refractivity contribution in [1.29, 1.82) is 5.26 Å². The van der Waals surface area contributed by atoms with Gasteiger partial charge in [-0.15, -0.1) is 35.3 Å². The number of halogens is 1. The minimum atomic E-state index is 0. The number of guanidine groups is 1. The molecule has 122 valence electrons. The molecule has 1 aromatic carbocycles. The van der Waals surface area contributed by atoms with E-state index in [0.717, 1.165) is 24.6 Å². The van der Waals surface area contributed by atoms with E-state index in [1.165, 1.54) is 9.75 Å². The van der Waals surface area contributed by atoms with E-state index in [-0.39, 0.29) is 24.0 Å². The fourth-order valence-corrected chi connectivity index (χ4v) is 2.83. The van der Waals surface area contributed by atoms with E-state index >= 15 is 0 Å². The van der Waals surface area contributed by atoms with Crippen LogP contribution in [0.1, 0.15) is 27.8 Å². The summed E-state index contributed by atoms with van der Waals surface area (Å²) in [6.07, 6.45) is 0. The third kappa shape index (κ3) is 6.59. The van der Waals surface area contributed by atoms with Gasteiger partial charge in [0.25, 0.3) is 0 Å². The Kier molecular flexibility index (Phi) is 8.66. The Hall–Kier alpha value is -1.59. The largest absolute Gasteiger partial charge is 0.357 e. The number of nitrogens with one attached hydrogen (secondary N) is 2. The molecule has 0 aliphatic carbocycles. The van der Waals surface area contributed by atoms with Crippen LogP contribution < -0.4 is 10.6 Å². The van der Waals surface area contributed by atoms with Gasteiger partial charge in [-0.05, 0) is 43.7 Å². The molecule has 23 heavy (non-hydrogen) atoms. The fourth-order valence-electron chi connectivity index (χ4n) is 2.00. The number of benzene rings is 1. The molecular formula is C17H21IN4S. The maximum atomic E-state index is 8.93. The highest BCUT2D eigenvalue weighted by Gasteiger charge is 2.01. The number of thiophene rings is 1. The van der Waals surface area contributed by atoms with Crippen LogP contribution in [0.15, 0.2) is 41.4 Å². The van der Waals surface area contributed by atoms with Crippen LogP contribution in [0, 0.1) is 18.3 Å². The molecule has 4 nitrogen and oxygen atoms in total. The molecule has 1 heterocycles. The van der Waals surface area contributed by atoms with Crippen molar-refractivity contribution in [2.24, 2.45) is 4.99 Å². The summed E-state index contributed by atoms with van der Waals surface area (Å²) < 4.78 is 0. The first kappa shape index (κ1) is 19.5. The molecule has 6 heteroatoms. The topological polar surface area (TPSA) is 60.2 Å². The van der Waals surface area contributed by atoms with Gasteiger partial charge in [-0.25, -0.2) is 4.99 Å². The van der Waals surface area contributed by atoms with Gasteiger partial charge >= 0.3 is 0 Å². The molecule has 0 fully saturated rings. The second-order valence-electron chi connectivity index (χ2n) is 4.87. The van der Waals surface area contributed by atoms with Crippen molar-refractivity contribution in [3.8, 4) is 6.07 Å². The Morgan fingerprint density at radius 3 is 2.74 bits per heavy atom. The van der Waals surface area contributed by atoms with Gasteiger partial charge in [0, 0.05) is 16.3 Å². The molecular weight excluding hydrogens is 419 g/mol. The highest BCUT2D eigenvalue weighted by molar-refractivity contribution is 14.0. The molecule has 0 aliphatic rings. The van der Waals surface area contributed by atoms with Crippen molar-refractivity contribution in [2.45, 2.75) is 26.9 Å². The highest BCUT2D eigenvalue weighted by atomic mass is 127. The molecule has 1 aromatic heterocycles. The number of nitrogens with zero attached hydrogens (tertiary/aromatic N) is 2. The fraction of sp³-hybridized carbons (Fsp3) is 0.294. The Labute approximate surface area is 158 Å². The summed E-state index contributed by atoms with van der Waals surface area (Å²) >= 11 is 1.79. The summed E-state index contributed by atoms with van der Waals surface area (Å²) in [5, 5.41) is 15.5. The Morgan fingerprint density at radius 2 is 2.09 bits per heavy atom. The zero-order chi connectivity index (χ0) is 15.8. The van der Waals surface area contributed by atoms with E-state index in [0.29, 0.717) is 12.1 Å². The lowest BCUT2D eigenvalue weighted by Gasteiger charge is -2.10. The van der Waals surface area contributed by atoms with Gasteiger partial charge in [0.05, 0.1) is 24.7 Å². The summed E-state index contributed by atoms with van der Waals surface area (Å²) in [6.45, 7) is 6.28. The monoisotopic (exact) mass is 440 g/mol. The summed E-state index contributed by atoms with van der Waals surface area (Å²) in [4.78, 5) is 7.17. The molecule has 0 unspecified atom stereocenters. The van der Waals surface area contributed by atoms with Crippen molar-refractivity contribution in [1.82, 2.24) is 10.6 Å². The Balaban J connectivity index is 0.00000264. The minimum Gasteiger partial charge on any atom is -0.357 e. The maximum Gasteiger partial charge on any atom is 0.191 e. The van der Waals surface area contributed by atoms with E-state index in [4.69, 9.17) is 5.26 Å². The third-order valence-corrected chi connectivity index (χ3v) is 4.05. The lowest BCUT2D eigenvalue weighted by molar-refractivity contribution is 0.823. The Morgan fingerprint density at radius 1 is 1.26 bits per heavy atom. The maximum absolute atomic E-state index is 8.93. The molecule has 0 radical (unpaired) electrons. The van der Waals surface area contributed by atoms with Crippen LogP contribution in [0.5, 0.6) is 0 Å². The zero-order valence-corrected chi connectivity index (χ0v) is 16.4. The van der Waals surface area contributed by atoms with Gasteiger partial charge in [-0.2, -0.15) is 5.26 Å². The molecule has 0 bridgehead atoms. The second-order valence-corrected chi connectivity index (χ2v) is 6.25. The van der Waals surface area contributed by atoms with Crippen LogP contribution in [0.4, 0.5) is 0 Å². The van der Waals surface area contributed by atoms with Crippen LogP contribution in [0.2, 0.25) is 0 Å².